The highest BCUT2D eigenvalue weighted by Gasteiger charge is 2.14. The predicted octanol–water partition coefficient (Wildman–Crippen LogP) is 4.12. The summed E-state index contributed by atoms with van der Waals surface area (Å²) in [5, 5.41) is 2.73. The summed E-state index contributed by atoms with van der Waals surface area (Å²) < 4.78 is 15.5. The van der Waals surface area contributed by atoms with Gasteiger partial charge in [-0.1, -0.05) is 39.0 Å². The zero-order valence-electron chi connectivity index (χ0n) is 17.7. The first kappa shape index (κ1) is 22.3. The van der Waals surface area contributed by atoms with Crippen LogP contribution in [-0.4, -0.2) is 32.7 Å². The van der Waals surface area contributed by atoms with E-state index in [2.05, 4.69) is 26.1 Å². The first-order valence-electron chi connectivity index (χ1n) is 9.50. The summed E-state index contributed by atoms with van der Waals surface area (Å²) >= 11 is 0. The van der Waals surface area contributed by atoms with Gasteiger partial charge in [0.25, 0.3) is 5.91 Å². The molecule has 0 fully saturated rings. The lowest BCUT2D eigenvalue weighted by Crippen LogP contribution is -2.21. The summed E-state index contributed by atoms with van der Waals surface area (Å²) in [6, 6.07) is 13.1. The van der Waals surface area contributed by atoms with Crippen LogP contribution in [0.5, 0.6) is 11.5 Å². The molecule has 2 rings (SSSR count). The van der Waals surface area contributed by atoms with Gasteiger partial charge in [0.05, 0.1) is 14.2 Å². The second-order valence-electron chi connectivity index (χ2n) is 7.73. The number of benzene rings is 2. The van der Waals surface area contributed by atoms with Crippen LogP contribution in [0.3, 0.4) is 0 Å². The largest absolute Gasteiger partial charge is 0.493 e. The van der Waals surface area contributed by atoms with Crippen molar-refractivity contribution in [1.82, 2.24) is 0 Å². The number of esters is 1. The van der Waals surface area contributed by atoms with Gasteiger partial charge in [-0.2, -0.15) is 0 Å². The number of carbonyl (C=O) groups is 2. The fraction of sp³-hybridized carbons (Fsp3) is 0.391. The Morgan fingerprint density at radius 1 is 0.931 bits per heavy atom. The molecule has 0 saturated carbocycles. The highest BCUT2D eigenvalue weighted by molar-refractivity contribution is 5.92. The Kier molecular flexibility index (Phi) is 7.65. The third kappa shape index (κ3) is 6.82. The number of ether oxygens (including phenoxy) is 3. The molecule has 1 N–H and O–H groups in total. The highest BCUT2D eigenvalue weighted by Crippen LogP contribution is 2.28. The van der Waals surface area contributed by atoms with Crippen LogP contribution in [0.25, 0.3) is 0 Å². The first-order chi connectivity index (χ1) is 13.7. The van der Waals surface area contributed by atoms with E-state index in [0.29, 0.717) is 23.6 Å². The van der Waals surface area contributed by atoms with Crippen molar-refractivity contribution in [2.45, 2.75) is 39.0 Å². The van der Waals surface area contributed by atoms with Crippen LogP contribution in [0.15, 0.2) is 42.5 Å². The first-order valence-corrected chi connectivity index (χ1v) is 9.50. The zero-order valence-corrected chi connectivity index (χ0v) is 17.7. The molecule has 0 bridgehead atoms. The lowest BCUT2D eigenvalue weighted by atomic mass is 9.87. The van der Waals surface area contributed by atoms with E-state index < -0.39 is 5.97 Å². The quantitative estimate of drug-likeness (QED) is 0.676. The summed E-state index contributed by atoms with van der Waals surface area (Å²) in [4.78, 5) is 24.0. The number of carbonyl (C=O) groups excluding carboxylic acids is 2. The molecule has 156 valence electrons. The molecule has 0 heterocycles. The minimum atomic E-state index is -0.432. The fourth-order valence-electron chi connectivity index (χ4n) is 2.75. The normalized spacial score (nSPS) is 10.9. The summed E-state index contributed by atoms with van der Waals surface area (Å²) in [5.74, 6) is 0.437. The Balaban J connectivity index is 1.78. The average Bonchev–Trinajstić information content (AvgIpc) is 2.70. The molecule has 0 saturated heterocycles. The Morgan fingerprint density at radius 2 is 1.59 bits per heavy atom. The second-order valence-corrected chi connectivity index (χ2v) is 7.73. The summed E-state index contributed by atoms with van der Waals surface area (Å²) in [6.07, 6.45) is 0.651. The van der Waals surface area contributed by atoms with Crippen LogP contribution in [0.1, 0.15) is 38.3 Å². The van der Waals surface area contributed by atoms with Gasteiger partial charge in [0, 0.05) is 12.1 Å². The Bertz CT molecular complexity index is 837. The van der Waals surface area contributed by atoms with Crippen LogP contribution in [-0.2, 0) is 26.2 Å². The topological polar surface area (TPSA) is 73.9 Å². The lowest BCUT2D eigenvalue weighted by Gasteiger charge is -2.19. The molecular weight excluding hydrogens is 370 g/mol. The number of methoxy groups -OCH3 is 2. The maximum atomic E-state index is 12.0. The van der Waals surface area contributed by atoms with Crippen molar-refractivity contribution >= 4 is 17.6 Å². The van der Waals surface area contributed by atoms with Crippen molar-refractivity contribution in [3.8, 4) is 11.5 Å². The predicted molar refractivity (Wildman–Crippen MR) is 113 cm³/mol. The third-order valence-corrected chi connectivity index (χ3v) is 4.46. The summed E-state index contributed by atoms with van der Waals surface area (Å²) in [5.41, 5.74) is 2.82. The van der Waals surface area contributed by atoms with E-state index >= 15 is 0 Å². The Hall–Kier alpha value is -3.02. The maximum Gasteiger partial charge on any atom is 0.306 e. The molecule has 0 radical (unpaired) electrons. The number of nitrogens with one attached hydrogen (secondary N) is 1. The van der Waals surface area contributed by atoms with E-state index in [0.717, 1.165) is 5.56 Å². The smallest absolute Gasteiger partial charge is 0.306 e. The highest BCUT2D eigenvalue weighted by atomic mass is 16.5. The van der Waals surface area contributed by atoms with Crippen molar-refractivity contribution in [1.29, 1.82) is 0 Å². The number of hydrogen-bond donors (Lipinski definition) is 1. The van der Waals surface area contributed by atoms with Gasteiger partial charge < -0.3 is 19.5 Å². The van der Waals surface area contributed by atoms with Crippen LogP contribution in [0.4, 0.5) is 5.69 Å². The molecule has 0 aliphatic heterocycles. The monoisotopic (exact) mass is 399 g/mol. The molecule has 0 aliphatic carbocycles. The van der Waals surface area contributed by atoms with E-state index in [-0.39, 0.29) is 24.3 Å². The van der Waals surface area contributed by atoms with Gasteiger partial charge in [0.1, 0.15) is 0 Å². The van der Waals surface area contributed by atoms with E-state index in [1.807, 2.05) is 36.4 Å². The molecule has 0 spiro atoms. The molecule has 6 nitrogen and oxygen atoms in total. The average molecular weight is 399 g/mol. The Morgan fingerprint density at radius 3 is 2.17 bits per heavy atom. The summed E-state index contributed by atoms with van der Waals surface area (Å²) in [6.45, 7) is 6.07. The Labute approximate surface area is 172 Å². The molecule has 2 aromatic carbocycles. The molecule has 2 aromatic rings. The standard InChI is InChI=1S/C23H29NO5/c1-23(2,3)17-8-10-18(11-9-17)24-21(25)15-29-22(26)13-7-16-6-12-19(27-4)20(14-16)28-5/h6,8-12,14H,7,13,15H2,1-5H3,(H,24,25). The molecule has 0 atom stereocenters. The maximum absolute atomic E-state index is 12.0. The fourth-order valence-corrected chi connectivity index (χ4v) is 2.75. The molecule has 1 amide bonds. The van der Waals surface area contributed by atoms with Gasteiger partial charge >= 0.3 is 5.97 Å². The second kappa shape index (κ2) is 9.96. The number of rotatable bonds is 8. The van der Waals surface area contributed by atoms with E-state index in [1.54, 1.807) is 20.3 Å². The summed E-state index contributed by atoms with van der Waals surface area (Å²) in [7, 11) is 3.13. The molecule has 0 unspecified atom stereocenters. The molecule has 0 aliphatic rings. The van der Waals surface area contributed by atoms with Crippen molar-refractivity contribution < 1.29 is 23.8 Å². The van der Waals surface area contributed by atoms with Crippen LogP contribution < -0.4 is 14.8 Å². The van der Waals surface area contributed by atoms with Gasteiger partial charge in [-0.25, -0.2) is 0 Å². The number of amides is 1. The molecular formula is C23H29NO5. The molecule has 29 heavy (non-hydrogen) atoms. The van der Waals surface area contributed by atoms with Crippen LogP contribution in [0, 0.1) is 0 Å². The lowest BCUT2D eigenvalue weighted by molar-refractivity contribution is -0.147. The van der Waals surface area contributed by atoms with Crippen molar-refractivity contribution in [3.05, 3.63) is 53.6 Å². The van der Waals surface area contributed by atoms with Gasteiger partial charge in [-0.05, 0) is 47.2 Å². The van der Waals surface area contributed by atoms with Crippen molar-refractivity contribution in [3.63, 3.8) is 0 Å². The molecule has 0 aromatic heterocycles. The van der Waals surface area contributed by atoms with Gasteiger partial charge in [-0.3, -0.25) is 9.59 Å². The van der Waals surface area contributed by atoms with Crippen LogP contribution >= 0.6 is 0 Å². The molecule has 6 heteroatoms. The SMILES string of the molecule is COc1ccc(CCC(=O)OCC(=O)Nc2ccc(C(C)(C)C)cc2)cc1OC. The van der Waals surface area contributed by atoms with E-state index in [1.165, 1.54) is 5.56 Å². The van der Waals surface area contributed by atoms with E-state index in [9.17, 15) is 9.59 Å². The van der Waals surface area contributed by atoms with Crippen molar-refractivity contribution in [2.75, 3.05) is 26.1 Å². The number of aryl methyl sites for hydroxylation is 1. The third-order valence-electron chi connectivity index (χ3n) is 4.46. The minimum absolute atomic E-state index is 0.0476. The van der Waals surface area contributed by atoms with Crippen LogP contribution in [0.2, 0.25) is 0 Å². The minimum Gasteiger partial charge on any atom is -0.493 e. The number of hydrogen-bond acceptors (Lipinski definition) is 5. The van der Waals surface area contributed by atoms with Crippen molar-refractivity contribution in [2.24, 2.45) is 0 Å². The van der Waals surface area contributed by atoms with E-state index in [4.69, 9.17) is 14.2 Å². The van der Waals surface area contributed by atoms with Gasteiger partial charge in [0.15, 0.2) is 18.1 Å². The van der Waals surface area contributed by atoms with Gasteiger partial charge in [-0.15, -0.1) is 0 Å². The van der Waals surface area contributed by atoms with Gasteiger partial charge in [0.2, 0.25) is 0 Å². The zero-order chi connectivity index (χ0) is 21.4. The number of anilines is 1.